The van der Waals surface area contributed by atoms with E-state index in [1.165, 1.54) is 133 Å². The fourth-order valence-electron chi connectivity index (χ4n) is 20.6. The van der Waals surface area contributed by atoms with Gasteiger partial charge in [-0.3, -0.25) is 0 Å². The highest BCUT2D eigenvalue weighted by molar-refractivity contribution is 6.10. The summed E-state index contributed by atoms with van der Waals surface area (Å²) in [5, 5.41) is 5.09. The van der Waals surface area contributed by atoms with E-state index in [1.807, 2.05) is 0 Å². The lowest BCUT2D eigenvalue weighted by atomic mass is 9.82. The molecule has 0 amide bonds. The molecule has 132 heavy (non-hydrogen) atoms. The normalized spacial score (nSPS) is 12.5. The van der Waals surface area contributed by atoms with Crippen LogP contribution in [0.5, 0.6) is 0 Å². The number of aromatic nitrogens is 2. The van der Waals surface area contributed by atoms with Gasteiger partial charge >= 0.3 is 0 Å². The van der Waals surface area contributed by atoms with Crippen LogP contribution in [0.2, 0.25) is 0 Å². The molecular weight excluding hydrogens is 1600 g/mol. The number of hydrogen-bond acceptors (Lipinski definition) is 4. The molecule has 0 N–H and O–H groups in total. The van der Waals surface area contributed by atoms with Gasteiger partial charge in [-0.15, -0.1) is 0 Å². The van der Waals surface area contributed by atoms with E-state index in [9.17, 15) is 0 Å². The molecule has 2 aliphatic carbocycles. The van der Waals surface area contributed by atoms with Crippen LogP contribution in [-0.2, 0) is 10.8 Å². The minimum Gasteiger partial charge on any atom is -0.311 e. The van der Waals surface area contributed by atoms with Crippen molar-refractivity contribution < 1.29 is 0 Å². The summed E-state index contributed by atoms with van der Waals surface area (Å²) in [5.74, 6) is 0. The third-order valence-electron chi connectivity index (χ3n) is 27.2. The van der Waals surface area contributed by atoms with Crippen LogP contribution in [0.4, 0.5) is 68.2 Å². The first-order chi connectivity index (χ1) is 65.0. The largest absolute Gasteiger partial charge is 0.311 e. The lowest BCUT2D eigenvalue weighted by molar-refractivity contribution is 0.660. The fourth-order valence-corrected chi connectivity index (χ4v) is 20.6. The summed E-state index contributed by atoms with van der Waals surface area (Å²) in [6.45, 7) is 9.41. The Morgan fingerprint density at radius 1 is 0.152 bits per heavy atom. The van der Waals surface area contributed by atoms with Crippen molar-refractivity contribution in [2.24, 2.45) is 0 Å². The zero-order chi connectivity index (χ0) is 88.4. The molecule has 6 nitrogen and oxygen atoms in total. The first-order valence-corrected chi connectivity index (χ1v) is 45.7. The maximum Gasteiger partial charge on any atom is 0.0541 e. The maximum absolute atomic E-state index is 2.41. The van der Waals surface area contributed by atoms with E-state index in [4.69, 9.17) is 0 Å². The molecular formula is C126H94N6. The molecule has 2 aromatic heterocycles. The molecule has 24 rings (SSSR count). The molecule has 0 unspecified atom stereocenters. The van der Waals surface area contributed by atoms with E-state index >= 15 is 0 Å². The van der Waals surface area contributed by atoms with E-state index in [-0.39, 0.29) is 10.8 Å². The van der Waals surface area contributed by atoms with Crippen LogP contribution in [0, 0.1) is 0 Å². The molecule has 0 atom stereocenters. The second-order valence-electron chi connectivity index (χ2n) is 35.6. The topological polar surface area (TPSA) is 22.8 Å². The van der Waals surface area contributed by atoms with E-state index in [1.54, 1.807) is 0 Å². The lowest BCUT2D eigenvalue weighted by Gasteiger charge is -2.28. The van der Waals surface area contributed by atoms with Gasteiger partial charge in [0.2, 0.25) is 0 Å². The number of para-hydroxylation sites is 8. The summed E-state index contributed by atoms with van der Waals surface area (Å²) in [6.07, 6.45) is 0. The number of anilines is 12. The Morgan fingerprint density at radius 3 is 0.583 bits per heavy atom. The molecule has 2 aliphatic rings. The van der Waals surface area contributed by atoms with Gasteiger partial charge in [0.25, 0.3) is 0 Å². The molecule has 0 radical (unpaired) electrons. The van der Waals surface area contributed by atoms with Crippen molar-refractivity contribution in [1.82, 2.24) is 9.13 Å². The monoisotopic (exact) mass is 1690 g/mol. The SMILES string of the molecule is CC1(C)c2ccccc2-c2ccc(N(c3ccc(-c4ccc(-n5c6ccccc6c6ccccc65)cc4)cc3)c3ccc(-c4ccc(-n5c6ccccc6c6ccccc65)cc4)cc3)cc21.CC1(C)c2ccccc2-c2ccc(N(c3ccc(-c4ccc(N(c5ccccc5)c5ccccc5)cc4)cc3)c3ccc(-c4ccc(N(c5ccccc5)c5ccccc5)cc4)cc3)cc21. The molecule has 0 bridgehead atoms. The number of benzene rings is 20. The summed E-state index contributed by atoms with van der Waals surface area (Å²) in [7, 11) is 0. The Kier molecular flexibility index (Phi) is 20.2. The van der Waals surface area contributed by atoms with Crippen LogP contribution in [0.3, 0.4) is 0 Å². The van der Waals surface area contributed by atoms with Gasteiger partial charge in [0.05, 0.1) is 22.1 Å². The summed E-state index contributed by atoms with van der Waals surface area (Å²) in [5.41, 5.74) is 40.5. The van der Waals surface area contributed by atoms with Gasteiger partial charge in [0.15, 0.2) is 0 Å². The van der Waals surface area contributed by atoms with Crippen molar-refractivity contribution in [3.63, 3.8) is 0 Å². The number of hydrogen-bond donors (Lipinski definition) is 0. The van der Waals surface area contributed by atoms with Crippen molar-refractivity contribution in [2.45, 2.75) is 38.5 Å². The van der Waals surface area contributed by atoms with Crippen LogP contribution in [0.15, 0.2) is 497 Å². The quantitative estimate of drug-likeness (QED) is 0.0854. The Hall–Kier alpha value is -16.8. The van der Waals surface area contributed by atoms with Gasteiger partial charge in [-0.25, -0.2) is 0 Å². The Morgan fingerprint density at radius 2 is 0.333 bits per heavy atom. The molecule has 20 aromatic carbocycles. The van der Waals surface area contributed by atoms with E-state index in [0.717, 1.165) is 79.6 Å². The summed E-state index contributed by atoms with van der Waals surface area (Å²) in [6, 6.07) is 181. The summed E-state index contributed by atoms with van der Waals surface area (Å²) in [4.78, 5) is 9.40. The first-order valence-electron chi connectivity index (χ1n) is 45.7. The highest BCUT2D eigenvalue weighted by atomic mass is 15.2. The highest BCUT2D eigenvalue weighted by Gasteiger charge is 2.38. The van der Waals surface area contributed by atoms with Crippen molar-refractivity contribution in [3.8, 4) is 78.1 Å². The van der Waals surface area contributed by atoms with Gasteiger partial charge < -0.3 is 28.7 Å². The minimum atomic E-state index is -0.118. The van der Waals surface area contributed by atoms with Crippen LogP contribution in [0.25, 0.3) is 122 Å². The molecule has 0 spiro atoms. The third kappa shape index (κ3) is 14.3. The molecule has 0 saturated carbocycles. The lowest BCUT2D eigenvalue weighted by Crippen LogP contribution is -2.16. The fraction of sp³-hybridized carbons (Fsp3) is 0.0476. The van der Waals surface area contributed by atoms with E-state index in [2.05, 4.69) is 554 Å². The average Bonchev–Trinajstić information content (AvgIpc) is 1.57. The first kappa shape index (κ1) is 79.8. The molecule has 0 aliphatic heterocycles. The maximum atomic E-state index is 2.41. The van der Waals surface area contributed by atoms with Gasteiger partial charge in [0, 0.05) is 112 Å². The van der Waals surface area contributed by atoms with Gasteiger partial charge in [-0.1, -0.05) is 331 Å². The number of nitrogens with zero attached hydrogens (tertiary/aromatic N) is 6. The molecule has 22 aromatic rings. The van der Waals surface area contributed by atoms with Crippen molar-refractivity contribution in [1.29, 1.82) is 0 Å². The second-order valence-corrected chi connectivity index (χ2v) is 35.6. The van der Waals surface area contributed by atoms with Crippen LogP contribution in [0.1, 0.15) is 49.9 Å². The predicted molar refractivity (Wildman–Crippen MR) is 557 cm³/mol. The van der Waals surface area contributed by atoms with Crippen molar-refractivity contribution >= 4 is 112 Å². The standard InChI is InChI=1S/C63H45N3.C63H49N3/c1-63(2)57-18-8-3-13-51(57)52-40-39-50(41-58(52)63)64(46-31-23-42(24-32-46)44-27-35-48(36-28-44)65-59-19-9-4-14-53(59)54-15-5-10-20-60(54)65)47-33-25-43(26-34-47)45-29-37-49(38-30-45)66-61-21-11-6-16-55(61)56-17-7-12-22-62(56)66;1-63(2)61-26-16-15-25-59(61)60-44-43-58(45-62(60)63)66(56-39-31-48(32-40-56)46-27-35-54(36-28-46)64(50-17-7-3-8-18-50)51-19-9-4-10-20-51)57-41-33-49(34-42-57)47-29-37-55(38-30-47)65(52-21-11-5-12-22-52)53-23-13-6-14-24-53/h3-41H,1-2H3;3-45H,1-2H3. The van der Waals surface area contributed by atoms with Crippen molar-refractivity contribution in [2.75, 3.05) is 19.6 Å². The smallest absolute Gasteiger partial charge is 0.0541 e. The van der Waals surface area contributed by atoms with Crippen LogP contribution >= 0.6 is 0 Å². The zero-order valence-electron chi connectivity index (χ0n) is 74.0. The Balaban J connectivity index is 0.000000150. The average molecular weight is 1690 g/mol. The van der Waals surface area contributed by atoms with Crippen LogP contribution < -0.4 is 19.6 Å². The van der Waals surface area contributed by atoms with Gasteiger partial charge in [-0.2, -0.15) is 0 Å². The Labute approximate surface area is 771 Å². The van der Waals surface area contributed by atoms with E-state index in [0.29, 0.717) is 0 Å². The summed E-state index contributed by atoms with van der Waals surface area (Å²) < 4.78 is 4.75. The molecule has 628 valence electrons. The highest BCUT2D eigenvalue weighted by Crippen LogP contribution is 2.54. The minimum absolute atomic E-state index is 0.113. The van der Waals surface area contributed by atoms with Crippen molar-refractivity contribution in [3.05, 3.63) is 520 Å². The van der Waals surface area contributed by atoms with Gasteiger partial charge in [0.1, 0.15) is 0 Å². The van der Waals surface area contributed by atoms with Gasteiger partial charge in [-0.05, 0) is 283 Å². The zero-order valence-corrected chi connectivity index (χ0v) is 74.0. The molecule has 6 heteroatoms. The third-order valence-corrected chi connectivity index (χ3v) is 27.2. The number of rotatable bonds is 18. The number of fused-ring (bicyclic) bond motifs is 12. The Bertz CT molecular complexity index is 7430. The summed E-state index contributed by atoms with van der Waals surface area (Å²) >= 11 is 0. The molecule has 2 heterocycles. The van der Waals surface area contributed by atoms with Crippen LogP contribution in [-0.4, -0.2) is 9.13 Å². The predicted octanol–water partition coefficient (Wildman–Crippen LogP) is 34.7. The molecule has 0 saturated heterocycles. The molecule has 0 fully saturated rings. The van der Waals surface area contributed by atoms with E-state index < -0.39 is 0 Å². The second kappa shape index (κ2) is 33.4.